The molecule has 0 aromatic heterocycles. The smallest absolute Gasteiger partial charge is 0.224 e. The number of rotatable bonds is 4. The molecule has 0 bridgehead atoms. The lowest BCUT2D eigenvalue weighted by Gasteiger charge is -2.07. The van der Waals surface area contributed by atoms with E-state index in [9.17, 15) is 4.79 Å². The van der Waals surface area contributed by atoms with Crippen molar-refractivity contribution in [2.45, 2.75) is 19.9 Å². The molecule has 0 fully saturated rings. The Morgan fingerprint density at radius 2 is 1.94 bits per heavy atom. The Kier molecular flexibility index (Phi) is 4.13. The Hall–Kier alpha value is -2.09. The van der Waals surface area contributed by atoms with Crippen LogP contribution in [-0.2, 0) is 17.8 Å². The largest absolute Gasteiger partial charge is 0.352 e. The van der Waals surface area contributed by atoms with Crippen LogP contribution in [0.1, 0.15) is 16.7 Å². The summed E-state index contributed by atoms with van der Waals surface area (Å²) in [7, 11) is 0. The Morgan fingerprint density at radius 1 is 1.17 bits per heavy atom. The van der Waals surface area contributed by atoms with Crippen molar-refractivity contribution in [3.63, 3.8) is 0 Å². The zero-order valence-electron chi connectivity index (χ0n) is 10.4. The Bertz CT molecular complexity index is 520. The third-order valence-corrected chi connectivity index (χ3v) is 2.86. The van der Waals surface area contributed by atoms with Crippen molar-refractivity contribution < 1.29 is 4.79 Å². The average Bonchev–Trinajstić information content (AvgIpc) is 2.39. The molecule has 0 saturated heterocycles. The van der Waals surface area contributed by atoms with Gasteiger partial charge in [0.1, 0.15) is 0 Å². The van der Waals surface area contributed by atoms with E-state index < -0.39 is 0 Å². The van der Waals surface area contributed by atoms with E-state index in [2.05, 4.69) is 11.4 Å². The van der Waals surface area contributed by atoms with Gasteiger partial charge in [-0.2, -0.15) is 0 Å². The maximum absolute atomic E-state index is 11.8. The number of aryl methyl sites for hydroxylation is 1. The van der Waals surface area contributed by atoms with Gasteiger partial charge in [-0.05, 0) is 29.7 Å². The lowest BCUT2D eigenvalue weighted by atomic mass is 10.1. The van der Waals surface area contributed by atoms with E-state index in [4.69, 9.17) is 0 Å². The molecule has 1 N–H and O–H groups in total. The van der Waals surface area contributed by atoms with Crippen molar-refractivity contribution in [1.82, 2.24) is 5.32 Å². The van der Waals surface area contributed by atoms with E-state index in [1.165, 1.54) is 5.56 Å². The van der Waals surface area contributed by atoms with E-state index in [1.54, 1.807) is 0 Å². The van der Waals surface area contributed by atoms with Gasteiger partial charge < -0.3 is 5.32 Å². The minimum absolute atomic E-state index is 0.0284. The first kappa shape index (κ1) is 12.4. The highest BCUT2D eigenvalue weighted by Crippen LogP contribution is 2.06. The number of hydrogen-bond acceptors (Lipinski definition) is 1. The number of hydrogen-bond donors (Lipinski definition) is 1. The SMILES string of the molecule is Cc1ccccc1CNC(=O)Cc1[c]cccc1. The first-order chi connectivity index (χ1) is 8.75. The van der Waals surface area contributed by atoms with Crippen LogP contribution in [-0.4, -0.2) is 5.91 Å². The van der Waals surface area contributed by atoms with Gasteiger partial charge in [-0.15, -0.1) is 0 Å². The first-order valence-electron chi connectivity index (χ1n) is 6.02. The van der Waals surface area contributed by atoms with Crippen molar-refractivity contribution >= 4 is 5.91 Å². The minimum Gasteiger partial charge on any atom is -0.352 e. The van der Waals surface area contributed by atoms with Crippen molar-refractivity contribution in [1.29, 1.82) is 0 Å². The monoisotopic (exact) mass is 238 g/mol. The summed E-state index contributed by atoms with van der Waals surface area (Å²) in [5.74, 6) is 0.0284. The summed E-state index contributed by atoms with van der Waals surface area (Å²) >= 11 is 0. The fourth-order valence-corrected chi connectivity index (χ4v) is 1.78. The molecule has 1 amide bonds. The summed E-state index contributed by atoms with van der Waals surface area (Å²) in [6.45, 7) is 2.63. The summed E-state index contributed by atoms with van der Waals surface area (Å²) in [6.07, 6.45) is 0.382. The molecule has 0 spiro atoms. The second-order valence-corrected chi connectivity index (χ2v) is 4.27. The van der Waals surface area contributed by atoms with Crippen molar-refractivity contribution in [3.8, 4) is 0 Å². The standard InChI is InChI=1S/C16H16NO/c1-13-7-5-6-10-15(13)12-17-16(18)11-14-8-3-2-4-9-14/h2-8,10H,11-12H2,1H3,(H,17,18). The maximum Gasteiger partial charge on any atom is 0.224 e. The van der Waals surface area contributed by atoms with Crippen LogP contribution in [0.4, 0.5) is 0 Å². The van der Waals surface area contributed by atoms with E-state index in [0.29, 0.717) is 13.0 Å². The quantitative estimate of drug-likeness (QED) is 0.871. The first-order valence-corrected chi connectivity index (χ1v) is 6.02. The molecule has 0 heterocycles. The normalized spacial score (nSPS) is 10.1. The predicted octanol–water partition coefficient (Wildman–Crippen LogP) is 2.65. The highest BCUT2D eigenvalue weighted by atomic mass is 16.1. The fraction of sp³-hybridized carbons (Fsp3) is 0.188. The van der Waals surface area contributed by atoms with Gasteiger partial charge in [-0.1, -0.05) is 48.5 Å². The van der Waals surface area contributed by atoms with Crippen molar-refractivity contribution in [2.75, 3.05) is 0 Å². The molecule has 91 valence electrons. The molecule has 2 nitrogen and oxygen atoms in total. The van der Waals surface area contributed by atoms with Crippen LogP contribution in [0.2, 0.25) is 0 Å². The van der Waals surface area contributed by atoms with E-state index in [-0.39, 0.29) is 5.91 Å². The van der Waals surface area contributed by atoms with Gasteiger partial charge in [-0.25, -0.2) is 0 Å². The molecule has 0 aliphatic rings. The molecule has 0 aliphatic carbocycles. The van der Waals surface area contributed by atoms with Gasteiger partial charge in [0.2, 0.25) is 5.91 Å². The number of carbonyl (C=O) groups is 1. The number of nitrogens with one attached hydrogen (secondary N) is 1. The number of carbonyl (C=O) groups excluding carboxylic acids is 1. The molecule has 1 radical (unpaired) electrons. The van der Waals surface area contributed by atoms with Crippen LogP contribution in [0.3, 0.4) is 0 Å². The zero-order valence-corrected chi connectivity index (χ0v) is 10.4. The summed E-state index contributed by atoms with van der Waals surface area (Å²) in [6, 6.07) is 18.7. The van der Waals surface area contributed by atoms with E-state index in [0.717, 1.165) is 11.1 Å². The van der Waals surface area contributed by atoms with Crippen LogP contribution in [0.25, 0.3) is 0 Å². The average molecular weight is 238 g/mol. The van der Waals surface area contributed by atoms with E-state index >= 15 is 0 Å². The second-order valence-electron chi connectivity index (χ2n) is 4.27. The van der Waals surface area contributed by atoms with Crippen LogP contribution < -0.4 is 5.32 Å². The lowest BCUT2D eigenvalue weighted by molar-refractivity contribution is -0.120. The van der Waals surface area contributed by atoms with Crippen molar-refractivity contribution in [3.05, 3.63) is 71.3 Å². The fourth-order valence-electron chi connectivity index (χ4n) is 1.78. The second kappa shape index (κ2) is 6.01. The Morgan fingerprint density at radius 3 is 2.67 bits per heavy atom. The molecule has 0 aliphatic heterocycles. The van der Waals surface area contributed by atoms with Crippen LogP contribution in [0.15, 0.2) is 48.5 Å². The van der Waals surface area contributed by atoms with Gasteiger partial charge >= 0.3 is 0 Å². The maximum atomic E-state index is 11.8. The van der Waals surface area contributed by atoms with Gasteiger partial charge in [0, 0.05) is 6.54 Å². The minimum atomic E-state index is 0.0284. The third kappa shape index (κ3) is 3.45. The van der Waals surface area contributed by atoms with Crippen LogP contribution in [0.5, 0.6) is 0 Å². The summed E-state index contributed by atoms with van der Waals surface area (Å²) in [5, 5.41) is 2.93. The van der Waals surface area contributed by atoms with Crippen molar-refractivity contribution in [2.24, 2.45) is 0 Å². The number of amides is 1. The zero-order chi connectivity index (χ0) is 12.8. The molecule has 18 heavy (non-hydrogen) atoms. The summed E-state index contributed by atoms with van der Waals surface area (Å²) in [5.41, 5.74) is 3.27. The van der Waals surface area contributed by atoms with Crippen LogP contribution in [0, 0.1) is 13.0 Å². The number of benzene rings is 2. The highest BCUT2D eigenvalue weighted by Gasteiger charge is 2.03. The molecule has 2 aromatic rings. The van der Waals surface area contributed by atoms with Gasteiger partial charge in [0.25, 0.3) is 0 Å². The molecular formula is C16H16NO. The Balaban J connectivity index is 1.88. The van der Waals surface area contributed by atoms with Gasteiger partial charge in [-0.3, -0.25) is 4.79 Å². The van der Waals surface area contributed by atoms with Gasteiger partial charge in [0.15, 0.2) is 0 Å². The molecule has 2 rings (SSSR count). The predicted molar refractivity (Wildman–Crippen MR) is 72.0 cm³/mol. The Labute approximate surface area is 108 Å². The molecular weight excluding hydrogens is 222 g/mol. The molecule has 2 heteroatoms. The van der Waals surface area contributed by atoms with Crippen LogP contribution >= 0.6 is 0 Å². The molecule has 0 saturated carbocycles. The summed E-state index contributed by atoms with van der Waals surface area (Å²) in [4.78, 5) is 11.8. The summed E-state index contributed by atoms with van der Waals surface area (Å²) < 4.78 is 0. The molecule has 0 atom stereocenters. The third-order valence-electron chi connectivity index (χ3n) is 2.86. The lowest BCUT2D eigenvalue weighted by Crippen LogP contribution is -2.24. The molecule has 2 aromatic carbocycles. The van der Waals surface area contributed by atoms with Gasteiger partial charge in [0.05, 0.1) is 6.42 Å². The molecule has 0 unspecified atom stereocenters. The topological polar surface area (TPSA) is 29.1 Å². The highest BCUT2D eigenvalue weighted by molar-refractivity contribution is 5.78. The van der Waals surface area contributed by atoms with E-state index in [1.807, 2.05) is 55.5 Å².